The van der Waals surface area contributed by atoms with E-state index in [4.69, 9.17) is 9.47 Å². The van der Waals surface area contributed by atoms with Crippen molar-refractivity contribution in [3.63, 3.8) is 0 Å². The Balaban J connectivity index is 0.00000267. The number of hydrogen-bond donors (Lipinski definition) is 1. The zero-order valence-electron chi connectivity index (χ0n) is 19.1. The molecule has 36 heavy (non-hydrogen) atoms. The third kappa shape index (κ3) is 4.91. The van der Waals surface area contributed by atoms with Crippen LogP contribution in [-0.2, 0) is 25.9 Å². The largest absolute Gasteiger partial charge is 0.485 e. The molecule has 186 valence electrons. The first-order chi connectivity index (χ1) is 17.1. The molecule has 1 unspecified atom stereocenters. The number of aryl methyl sites for hydroxylation is 2. The molecule has 2 aromatic heterocycles. The fourth-order valence-corrected chi connectivity index (χ4v) is 5.17. The van der Waals surface area contributed by atoms with E-state index in [1.807, 2.05) is 18.2 Å². The number of benzene rings is 2. The summed E-state index contributed by atoms with van der Waals surface area (Å²) in [5.74, 6) is 2.63. The van der Waals surface area contributed by atoms with Crippen LogP contribution < -0.4 is 14.8 Å². The van der Waals surface area contributed by atoms with Gasteiger partial charge in [0, 0.05) is 13.0 Å². The van der Waals surface area contributed by atoms with Gasteiger partial charge in [0.1, 0.15) is 34.1 Å². The standard InChI is InChI=1S/C25H22FN5O3S.ClH/c26-17-4-1-3-15(11-17)19-8-6-16-12-18(7-9-20(16)34-19)33-25-28-13-21(35-25)24(32)27-14-23-30-29-22-5-2-10-31(22)23;/h1,3-4,7,9,11-13,19H,2,5-6,8,10,14H2,(H,27,32);1H. The highest BCUT2D eigenvalue weighted by Crippen LogP contribution is 2.38. The number of nitrogens with one attached hydrogen (secondary N) is 1. The average Bonchev–Trinajstić information content (AvgIpc) is 3.61. The first kappa shape index (κ1) is 24.2. The van der Waals surface area contributed by atoms with Crippen molar-refractivity contribution in [1.29, 1.82) is 0 Å². The van der Waals surface area contributed by atoms with Crippen LogP contribution in [0.1, 0.15) is 51.4 Å². The Morgan fingerprint density at radius 1 is 1.22 bits per heavy atom. The molecular weight excluding hydrogens is 505 g/mol. The lowest BCUT2D eigenvalue weighted by atomic mass is 9.97. The summed E-state index contributed by atoms with van der Waals surface area (Å²) in [5, 5.41) is 11.6. The summed E-state index contributed by atoms with van der Waals surface area (Å²) >= 11 is 1.18. The third-order valence-corrected chi connectivity index (χ3v) is 7.08. The zero-order chi connectivity index (χ0) is 23.8. The van der Waals surface area contributed by atoms with Crippen molar-refractivity contribution >= 4 is 29.7 Å². The number of thiazole rings is 1. The number of amides is 1. The Bertz CT molecular complexity index is 1410. The van der Waals surface area contributed by atoms with Gasteiger partial charge >= 0.3 is 0 Å². The summed E-state index contributed by atoms with van der Waals surface area (Å²) in [7, 11) is 0. The second-order valence-corrected chi connectivity index (χ2v) is 9.53. The minimum absolute atomic E-state index is 0. The van der Waals surface area contributed by atoms with Crippen molar-refractivity contribution in [1.82, 2.24) is 25.1 Å². The molecule has 11 heteroatoms. The first-order valence-corrected chi connectivity index (χ1v) is 12.3. The maximum absolute atomic E-state index is 13.6. The quantitative estimate of drug-likeness (QED) is 0.378. The highest BCUT2D eigenvalue weighted by Gasteiger charge is 2.23. The maximum atomic E-state index is 13.6. The van der Waals surface area contributed by atoms with Gasteiger partial charge in [-0.1, -0.05) is 23.5 Å². The number of carbonyl (C=O) groups is 1. The molecule has 6 rings (SSSR count). The van der Waals surface area contributed by atoms with Gasteiger partial charge in [-0.3, -0.25) is 4.79 Å². The smallest absolute Gasteiger partial charge is 0.279 e. The van der Waals surface area contributed by atoms with Gasteiger partial charge in [0.15, 0.2) is 5.82 Å². The monoisotopic (exact) mass is 527 g/mol. The van der Waals surface area contributed by atoms with E-state index in [2.05, 4.69) is 25.1 Å². The second-order valence-electron chi connectivity index (χ2n) is 8.53. The third-order valence-electron chi connectivity index (χ3n) is 6.20. The van der Waals surface area contributed by atoms with Gasteiger partial charge in [-0.15, -0.1) is 22.6 Å². The minimum Gasteiger partial charge on any atom is -0.485 e. The van der Waals surface area contributed by atoms with Crippen molar-refractivity contribution in [3.05, 3.63) is 82.1 Å². The van der Waals surface area contributed by atoms with E-state index in [1.54, 1.807) is 12.1 Å². The highest BCUT2D eigenvalue weighted by atomic mass is 35.5. The molecule has 2 aliphatic heterocycles. The number of nitrogens with zero attached hydrogens (tertiary/aromatic N) is 4. The molecule has 0 saturated carbocycles. The van der Waals surface area contributed by atoms with Crippen LogP contribution in [0.2, 0.25) is 0 Å². The van der Waals surface area contributed by atoms with Gasteiger partial charge < -0.3 is 19.4 Å². The molecule has 0 bridgehead atoms. The highest BCUT2D eigenvalue weighted by molar-refractivity contribution is 7.15. The van der Waals surface area contributed by atoms with Gasteiger partial charge in [-0.05, 0) is 60.7 Å². The fraction of sp³-hybridized carbons (Fsp3) is 0.280. The van der Waals surface area contributed by atoms with Crippen molar-refractivity contribution in [2.75, 3.05) is 0 Å². The maximum Gasteiger partial charge on any atom is 0.279 e. The predicted molar refractivity (Wildman–Crippen MR) is 133 cm³/mol. The van der Waals surface area contributed by atoms with Gasteiger partial charge in [-0.25, -0.2) is 9.37 Å². The lowest BCUT2D eigenvalue weighted by molar-refractivity contribution is 0.0953. The fourth-order valence-electron chi connectivity index (χ4n) is 4.47. The van der Waals surface area contributed by atoms with Gasteiger partial charge in [-0.2, -0.15) is 0 Å². The summed E-state index contributed by atoms with van der Waals surface area (Å²) in [6.45, 7) is 1.21. The van der Waals surface area contributed by atoms with Crippen LogP contribution in [0.15, 0.2) is 48.7 Å². The molecule has 4 aromatic rings. The summed E-state index contributed by atoms with van der Waals surface area (Å²) in [6, 6.07) is 12.1. The number of carbonyl (C=O) groups excluding carboxylic acids is 1. The van der Waals surface area contributed by atoms with Crippen LogP contribution in [0.5, 0.6) is 16.7 Å². The van der Waals surface area contributed by atoms with E-state index in [0.29, 0.717) is 22.4 Å². The Labute approximate surface area is 216 Å². The number of rotatable bonds is 6. The lowest BCUT2D eigenvalue weighted by Gasteiger charge is -2.26. The summed E-state index contributed by atoms with van der Waals surface area (Å²) < 4.78 is 27.6. The molecule has 0 fully saturated rings. The summed E-state index contributed by atoms with van der Waals surface area (Å²) in [4.78, 5) is 17.3. The second kappa shape index (κ2) is 10.2. The molecule has 1 amide bonds. The van der Waals surface area contributed by atoms with Crippen LogP contribution in [0.3, 0.4) is 0 Å². The predicted octanol–water partition coefficient (Wildman–Crippen LogP) is 5.03. The molecule has 0 spiro atoms. The van der Waals surface area contributed by atoms with E-state index < -0.39 is 0 Å². The Kier molecular flexibility index (Phi) is 6.88. The number of halogens is 2. The molecule has 8 nitrogen and oxygen atoms in total. The van der Waals surface area contributed by atoms with E-state index in [-0.39, 0.29) is 30.2 Å². The minimum atomic E-state index is -0.265. The van der Waals surface area contributed by atoms with E-state index in [0.717, 1.165) is 60.8 Å². The molecule has 1 atom stereocenters. The van der Waals surface area contributed by atoms with Crippen LogP contribution in [0.4, 0.5) is 4.39 Å². The molecule has 0 saturated heterocycles. The van der Waals surface area contributed by atoms with Gasteiger partial charge in [0.25, 0.3) is 11.1 Å². The van der Waals surface area contributed by atoms with Crippen LogP contribution in [0.25, 0.3) is 0 Å². The number of hydrogen-bond acceptors (Lipinski definition) is 7. The molecule has 2 aliphatic rings. The van der Waals surface area contributed by atoms with E-state index in [9.17, 15) is 9.18 Å². The Morgan fingerprint density at radius 3 is 3.03 bits per heavy atom. The van der Waals surface area contributed by atoms with Crippen LogP contribution in [0, 0.1) is 5.82 Å². The van der Waals surface area contributed by atoms with E-state index >= 15 is 0 Å². The van der Waals surface area contributed by atoms with Gasteiger partial charge in [0.05, 0.1) is 12.7 Å². The average molecular weight is 528 g/mol. The topological polar surface area (TPSA) is 91.2 Å². The van der Waals surface area contributed by atoms with Crippen molar-refractivity contribution in [3.8, 4) is 16.7 Å². The number of ether oxygens (including phenoxy) is 2. The van der Waals surface area contributed by atoms with E-state index in [1.165, 1.54) is 29.7 Å². The van der Waals surface area contributed by atoms with Gasteiger partial charge in [0.2, 0.25) is 0 Å². The molecule has 0 radical (unpaired) electrons. The molecule has 1 N–H and O–H groups in total. The Hall–Kier alpha value is -3.50. The number of fused-ring (bicyclic) bond motifs is 2. The molecule has 4 heterocycles. The van der Waals surface area contributed by atoms with Crippen LogP contribution in [-0.4, -0.2) is 25.7 Å². The van der Waals surface area contributed by atoms with Crippen molar-refractivity contribution < 1.29 is 18.7 Å². The van der Waals surface area contributed by atoms with Crippen LogP contribution >= 0.6 is 23.7 Å². The zero-order valence-corrected chi connectivity index (χ0v) is 20.8. The molecule has 0 aliphatic carbocycles. The van der Waals surface area contributed by atoms with Crippen molar-refractivity contribution in [2.45, 2.75) is 44.9 Å². The first-order valence-electron chi connectivity index (χ1n) is 11.5. The summed E-state index contributed by atoms with van der Waals surface area (Å²) in [5.41, 5.74) is 1.85. The SMILES string of the molecule is Cl.O=C(NCc1nnc2n1CCC2)c1cnc(Oc2ccc3c(c2)CCC(c2cccc(F)c2)O3)s1. The molecule has 2 aromatic carbocycles. The lowest BCUT2D eigenvalue weighted by Crippen LogP contribution is -2.23. The molecular formula is C25H23ClFN5O3S. The number of aromatic nitrogens is 4. The Morgan fingerprint density at radius 2 is 2.14 bits per heavy atom. The summed E-state index contributed by atoms with van der Waals surface area (Å²) in [6.07, 6.45) is 4.85. The van der Waals surface area contributed by atoms with Crippen molar-refractivity contribution in [2.24, 2.45) is 0 Å². The normalized spacial score (nSPS) is 15.9.